The Morgan fingerprint density at radius 1 is 1.04 bits per heavy atom. The van der Waals surface area contributed by atoms with Gasteiger partial charge in [-0.05, 0) is 37.0 Å². The molecular formula is C20H28O6. The van der Waals surface area contributed by atoms with Crippen molar-refractivity contribution in [2.24, 2.45) is 5.41 Å². The molecule has 4 atom stereocenters. The van der Waals surface area contributed by atoms with Crippen molar-refractivity contribution in [1.29, 1.82) is 0 Å². The lowest BCUT2D eigenvalue weighted by molar-refractivity contribution is -0.159. The third-order valence-corrected chi connectivity index (χ3v) is 6.34. The van der Waals surface area contributed by atoms with Gasteiger partial charge in [0.1, 0.15) is 35.4 Å². The Balaban J connectivity index is 2.38. The highest BCUT2D eigenvalue weighted by Gasteiger charge is 2.57. The molecule has 3 rings (SSSR count). The third-order valence-electron chi connectivity index (χ3n) is 6.34. The molecule has 4 N–H and O–H groups in total. The van der Waals surface area contributed by atoms with E-state index in [0.717, 1.165) is 5.57 Å². The Bertz CT molecular complexity index is 753. The second kappa shape index (κ2) is 6.23. The Kier molecular flexibility index (Phi) is 4.60. The summed E-state index contributed by atoms with van der Waals surface area (Å²) in [6.07, 6.45) is -2.91. The van der Waals surface area contributed by atoms with E-state index in [4.69, 9.17) is 9.47 Å². The molecule has 6 nitrogen and oxygen atoms in total. The van der Waals surface area contributed by atoms with Crippen LogP contribution in [0.1, 0.15) is 56.9 Å². The van der Waals surface area contributed by atoms with E-state index in [2.05, 4.69) is 0 Å². The van der Waals surface area contributed by atoms with Crippen LogP contribution in [-0.4, -0.2) is 46.4 Å². The van der Waals surface area contributed by atoms with Gasteiger partial charge in [-0.25, -0.2) is 0 Å². The van der Waals surface area contributed by atoms with Gasteiger partial charge in [0.2, 0.25) is 0 Å². The number of ether oxygens (including phenoxy) is 2. The zero-order valence-corrected chi connectivity index (χ0v) is 15.9. The average Bonchev–Trinajstić information content (AvgIpc) is 2.61. The molecule has 0 aromatic heterocycles. The molecule has 6 heteroatoms. The van der Waals surface area contributed by atoms with Gasteiger partial charge in [-0.2, -0.15) is 0 Å². The van der Waals surface area contributed by atoms with Crippen molar-refractivity contribution in [3.05, 3.63) is 34.4 Å². The van der Waals surface area contributed by atoms with Crippen LogP contribution in [0.2, 0.25) is 0 Å². The van der Waals surface area contributed by atoms with Crippen LogP contribution in [0.15, 0.2) is 23.3 Å². The lowest BCUT2D eigenvalue weighted by atomic mass is 9.56. The van der Waals surface area contributed by atoms with Crippen molar-refractivity contribution in [3.63, 3.8) is 0 Å². The van der Waals surface area contributed by atoms with Crippen LogP contribution < -0.4 is 9.47 Å². The smallest absolute Gasteiger partial charge is 0.128 e. The molecule has 0 heterocycles. The lowest BCUT2D eigenvalue weighted by Gasteiger charge is -2.54. The van der Waals surface area contributed by atoms with E-state index in [-0.39, 0.29) is 5.56 Å². The minimum absolute atomic E-state index is 0.273. The number of methoxy groups -OCH3 is 2. The Morgan fingerprint density at radius 3 is 2.27 bits per heavy atom. The molecule has 0 fully saturated rings. The number of allylic oxidation sites excluding steroid dienone is 1. The molecule has 0 aliphatic heterocycles. The van der Waals surface area contributed by atoms with Crippen molar-refractivity contribution in [2.75, 3.05) is 14.2 Å². The number of hydrogen-bond acceptors (Lipinski definition) is 6. The first-order valence-electron chi connectivity index (χ1n) is 8.82. The summed E-state index contributed by atoms with van der Waals surface area (Å²) in [5, 5.41) is 44.7. The molecule has 0 unspecified atom stereocenters. The van der Waals surface area contributed by atoms with Gasteiger partial charge in [0.15, 0.2) is 0 Å². The van der Waals surface area contributed by atoms with E-state index in [1.165, 1.54) is 14.2 Å². The van der Waals surface area contributed by atoms with Crippen LogP contribution in [0.3, 0.4) is 0 Å². The standard InChI is InChI=1S/C20H28O6/c1-10-6-7-20(24)18(23)12-8-11(25-4)9-13(26-5)14(12)16(21)17(22)15(10)19(20,2)3/h8-9,16-18,21-24H,6-7H2,1-5H3/t16-,17-,18+,20-/m1/s1. The van der Waals surface area contributed by atoms with Gasteiger partial charge >= 0.3 is 0 Å². The summed E-state index contributed by atoms with van der Waals surface area (Å²) < 4.78 is 10.7. The highest BCUT2D eigenvalue weighted by molar-refractivity contribution is 5.53. The number of aliphatic hydroxyl groups is 4. The molecule has 1 aromatic rings. The van der Waals surface area contributed by atoms with E-state index in [0.29, 0.717) is 35.5 Å². The van der Waals surface area contributed by atoms with Crippen molar-refractivity contribution in [1.82, 2.24) is 0 Å². The van der Waals surface area contributed by atoms with Crippen LogP contribution in [-0.2, 0) is 0 Å². The van der Waals surface area contributed by atoms with E-state index in [9.17, 15) is 20.4 Å². The molecular weight excluding hydrogens is 336 g/mol. The SMILES string of the molecule is COc1cc(OC)c2c(c1)[C@H](O)[C@]1(O)CCC(C)=C([C@@H](O)[C@@H]2O)C1(C)C. The zero-order chi connectivity index (χ0) is 19.4. The fraction of sp³-hybridized carbons (Fsp3) is 0.600. The highest BCUT2D eigenvalue weighted by atomic mass is 16.5. The second-order valence-electron chi connectivity index (χ2n) is 7.87. The van der Waals surface area contributed by atoms with Crippen molar-refractivity contribution in [3.8, 4) is 11.5 Å². The molecule has 2 bridgehead atoms. The van der Waals surface area contributed by atoms with Crippen LogP contribution in [0.25, 0.3) is 0 Å². The second-order valence-corrected chi connectivity index (χ2v) is 7.87. The van der Waals surface area contributed by atoms with Gasteiger partial charge in [-0.3, -0.25) is 0 Å². The number of aliphatic hydroxyl groups excluding tert-OH is 3. The first-order valence-corrected chi connectivity index (χ1v) is 8.82. The number of fused-ring (bicyclic) bond motifs is 3. The van der Waals surface area contributed by atoms with E-state index in [1.54, 1.807) is 26.0 Å². The zero-order valence-electron chi connectivity index (χ0n) is 15.9. The average molecular weight is 364 g/mol. The summed E-state index contributed by atoms with van der Waals surface area (Å²) in [7, 11) is 2.94. The van der Waals surface area contributed by atoms with Gasteiger partial charge in [0.25, 0.3) is 0 Å². The Hall–Kier alpha value is -1.60. The Morgan fingerprint density at radius 2 is 1.69 bits per heavy atom. The predicted molar refractivity (Wildman–Crippen MR) is 96.1 cm³/mol. The highest BCUT2D eigenvalue weighted by Crippen LogP contribution is 2.58. The fourth-order valence-corrected chi connectivity index (χ4v) is 4.72. The lowest BCUT2D eigenvalue weighted by Crippen LogP contribution is -2.56. The summed E-state index contributed by atoms with van der Waals surface area (Å²) in [6, 6.07) is 3.18. The van der Waals surface area contributed by atoms with E-state index < -0.39 is 29.3 Å². The molecule has 2 aliphatic rings. The Labute approximate surface area is 153 Å². The van der Waals surface area contributed by atoms with Gasteiger partial charge in [-0.1, -0.05) is 19.4 Å². The van der Waals surface area contributed by atoms with Crippen molar-refractivity contribution in [2.45, 2.75) is 57.5 Å². The quantitative estimate of drug-likeness (QED) is 0.599. The molecule has 26 heavy (non-hydrogen) atoms. The number of hydrogen-bond donors (Lipinski definition) is 4. The van der Waals surface area contributed by atoms with Gasteiger partial charge in [0.05, 0.1) is 14.2 Å². The van der Waals surface area contributed by atoms with Crippen LogP contribution in [0, 0.1) is 5.41 Å². The van der Waals surface area contributed by atoms with Gasteiger partial charge < -0.3 is 29.9 Å². The van der Waals surface area contributed by atoms with E-state index in [1.807, 2.05) is 6.92 Å². The first-order chi connectivity index (χ1) is 12.1. The summed E-state index contributed by atoms with van der Waals surface area (Å²) in [4.78, 5) is 0. The molecule has 0 spiro atoms. The maximum Gasteiger partial charge on any atom is 0.128 e. The third kappa shape index (κ3) is 2.40. The maximum absolute atomic E-state index is 11.5. The first kappa shape index (κ1) is 19.2. The molecule has 144 valence electrons. The van der Waals surface area contributed by atoms with Crippen molar-refractivity contribution >= 4 is 0 Å². The summed E-state index contributed by atoms with van der Waals surface area (Å²) in [5.41, 5.74) is -0.356. The van der Waals surface area contributed by atoms with Crippen LogP contribution in [0.5, 0.6) is 11.5 Å². The van der Waals surface area contributed by atoms with Crippen LogP contribution >= 0.6 is 0 Å². The fourth-order valence-electron chi connectivity index (χ4n) is 4.72. The largest absolute Gasteiger partial charge is 0.497 e. The van der Waals surface area contributed by atoms with Gasteiger partial charge in [0, 0.05) is 17.0 Å². The molecule has 2 aliphatic carbocycles. The normalized spacial score (nSPS) is 33.2. The molecule has 0 saturated carbocycles. The number of benzene rings is 1. The predicted octanol–water partition coefficient (Wildman–Crippen LogP) is 2.01. The van der Waals surface area contributed by atoms with Gasteiger partial charge in [-0.15, -0.1) is 0 Å². The van der Waals surface area contributed by atoms with Crippen molar-refractivity contribution < 1.29 is 29.9 Å². The summed E-state index contributed by atoms with van der Waals surface area (Å²) in [5.74, 6) is 0.732. The minimum atomic E-state index is -1.50. The monoisotopic (exact) mass is 364 g/mol. The maximum atomic E-state index is 11.5. The van der Waals surface area contributed by atoms with E-state index >= 15 is 0 Å². The number of rotatable bonds is 2. The molecule has 1 aromatic carbocycles. The summed E-state index contributed by atoms with van der Waals surface area (Å²) in [6.45, 7) is 5.49. The summed E-state index contributed by atoms with van der Waals surface area (Å²) >= 11 is 0. The minimum Gasteiger partial charge on any atom is -0.497 e. The topological polar surface area (TPSA) is 99.4 Å². The van der Waals surface area contributed by atoms with Crippen LogP contribution in [0.4, 0.5) is 0 Å². The molecule has 0 amide bonds. The molecule has 0 saturated heterocycles. The molecule has 0 radical (unpaired) electrons.